The van der Waals surface area contributed by atoms with E-state index in [1.54, 1.807) is 6.26 Å². The second-order valence-electron chi connectivity index (χ2n) is 4.05. The van der Waals surface area contributed by atoms with Crippen LogP contribution in [0.3, 0.4) is 0 Å². The van der Waals surface area contributed by atoms with Gasteiger partial charge in [-0.15, -0.1) is 0 Å². The van der Waals surface area contributed by atoms with Crippen LogP contribution in [0.5, 0.6) is 0 Å². The van der Waals surface area contributed by atoms with Gasteiger partial charge in [-0.3, -0.25) is 9.69 Å². The number of nitrogens with one attached hydrogen (secondary N) is 2. The largest absolute Gasteiger partial charge is 0.467 e. The van der Waals surface area contributed by atoms with E-state index in [1.807, 2.05) is 31.1 Å². The number of hydrogen-bond donors (Lipinski definition) is 2. The number of likely N-dealkylation sites (N-methyl/N-ethyl adjacent to an activating group) is 1. The summed E-state index contributed by atoms with van der Waals surface area (Å²) in [4.78, 5) is 13.6. The Hall–Kier alpha value is -1.33. The van der Waals surface area contributed by atoms with Crippen molar-refractivity contribution in [1.29, 1.82) is 0 Å². The van der Waals surface area contributed by atoms with Crippen molar-refractivity contribution in [3.05, 3.63) is 24.2 Å². The van der Waals surface area contributed by atoms with Crippen molar-refractivity contribution in [3.63, 3.8) is 0 Å². The molecule has 2 N–H and O–H groups in total. The van der Waals surface area contributed by atoms with E-state index in [1.165, 1.54) is 0 Å². The summed E-state index contributed by atoms with van der Waals surface area (Å²) in [5, 5.41) is 5.90. The molecule has 1 aromatic rings. The van der Waals surface area contributed by atoms with Gasteiger partial charge in [0.1, 0.15) is 5.76 Å². The third kappa shape index (κ3) is 6.09. The van der Waals surface area contributed by atoms with Crippen LogP contribution in [0, 0.1) is 0 Å². The minimum absolute atomic E-state index is 0.0216. The van der Waals surface area contributed by atoms with Crippen LogP contribution < -0.4 is 10.6 Å². The number of rotatable bonds is 8. The van der Waals surface area contributed by atoms with Crippen molar-refractivity contribution in [2.45, 2.75) is 13.0 Å². The maximum absolute atomic E-state index is 11.6. The Morgan fingerprint density at radius 2 is 2.35 bits per heavy atom. The topological polar surface area (TPSA) is 57.5 Å². The Labute approximate surface area is 102 Å². The lowest BCUT2D eigenvalue weighted by Gasteiger charge is -2.15. The highest BCUT2D eigenvalue weighted by molar-refractivity contribution is 5.77. The third-order valence-corrected chi connectivity index (χ3v) is 2.42. The molecule has 0 saturated carbocycles. The summed E-state index contributed by atoms with van der Waals surface area (Å²) >= 11 is 0. The Morgan fingerprint density at radius 1 is 1.53 bits per heavy atom. The minimum atomic E-state index is 0.0216. The fraction of sp³-hybridized carbons (Fsp3) is 0.583. The van der Waals surface area contributed by atoms with Gasteiger partial charge in [-0.1, -0.05) is 0 Å². The maximum Gasteiger partial charge on any atom is 0.234 e. The molecule has 5 nitrogen and oxygen atoms in total. The molecule has 5 heteroatoms. The van der Waals surface area contributed by atoms with Crippen molar-refractivity contribution in [1.82, 2.24) is 15.5 Å². The lowest BCUT2D eigenvalue weighted by Crippen LogP contribution is -2.35. The normalized spacial score (nSPS) is 10.8. The summed E-state index contributed by atoms with van der Waals surface area (Å²) < 4.78 is 5.13. The van der Waals surface area contributed by atoms with Gasteiger partial charge in [-0.2, -0.15) is 0 Å². The average molecular weight is 239 g/mol. The minimum Gasteiger partial charge on any atom is -0.467 e. The van der Waals surface area contributed by atoms with Crippen LogP contribution >= 0.6 is 0 Å². The summed E-state index contributed by atoms with van der Waals surface area (Å²) in [6, 6.07) is 3.66. The number of carbonyl (C=O) groups excluding carboxylic acids is 1. The molecular formula is C12H21N3O2. The molecule has 1 amide bonds. The third-order valence-electron chi connectivity index (χ3n) is 2.42. The van der Waals surface area contributed by atoms with E-state index >= 15 is 0 Å². The van der Waals surface area contributed by atoms with Crippen LogP contribution in [-0.2, 0) is 11.3 Å². The number of amides is 1. The van der Waals surface area contributed by atoms with Gasteiger partial charge in [0.05, 0.1) is 19.4 Å². The van der Waals surface area contributed by atoms with E-state index in [-0.39, 0.29) is 5.91 Å². The zero-order valence-corrected chi connectivity index (χ0v) is 10.5. The van der Waals surface area contributed by atoms with Gasteiger partial charge in [-0.25, -0.2) is 0 Å². The molecule has 0 radical (unpaired) electrons. The average Bonchev–Trinajstić information content (AvgIpc) is 2.79. The van der Waals surface area contributed by atoms with Crippen molar-refractivity contribution < 1.29 is 9.21 Å². The van der Waals surface area contributed by atoms with E-state index in [0.717, 1.165) is 25.3 Å². The molecule has 0 aliphatic heterocycles. The molecule has 0 spiro atoms. The fourth-order valence-corrected chi connectivity index (χ4v) is 1.50. The number of furan rings is 1. The number of nitrogens with zero attached hydrogens (tertiary/aromatic N) is 1. The van der Waals surface area contributed by atoms with Gasteiger partial charge in [-0.05, 0) is 45.7 Å². The number of carbonyl (C=O) groups is 1. The van der Waals surface area contributed by atoms with E-state index in [2.05, 4.69) is 10.6 Å². The van der Waals surface area contributed by atoms with Gasteiger partial charge in [0.2, 0.25) is 5.91 Å². The van der Waals surface area contributed by atoms with Crippen molar-refractivity contribution in [2.75, 3.05) is 33.7 Å². The predicted molar refractivity (Wildman–Crippen MR) is 66.6 cm³/mol. The van der Waals surface area contributed by atoms with Gasteiger partial charge in [0.15, 0.2) is 0 Å². The van der Waals surface area contributed by atoms with Gasteiger partial charge in [0.25, 0.3) is 0 Å². The van der Waals surface area contributed by atoms with Crippen molar-refractivity contribution in [3.8, 4) is 0 Å². The maximum atomic E-state index is 11.6. The zero-order chi connectivity index (χ0) is 12.5. The van der Waals surface area contributed by atoms with Gasteiger partial charge >= 0.3 is 0 Å². The molecule has 96 valence electrons. The van der Waals surface area contributed by atoms with Crippen LogP contribution in [0.25, 0.3) is 0 Å². The molecule has 1 rings (SSSR count). The molecule has 0 aliphatic rings. The van der Waals surface area contributed by atoms with E-state index in [9.17, 15) is 4.79 Å². The van der Waals surface area contributed by atoms with E-state index in [4.69, 9.17) is 4.42 Å². The van der Waals surface area contributed by atoms with Crippen LogP contribution in [0.4, 0.5) is 0 Å². The van der Waals surface area contributed by atoms with E-state index < -0.39 is 0 Å². The summed E-state index contributed by atoms with van der Waals surface area (Å²) in [5.41, 5.74) is 0. The summed E-state index contributed by atoms with van der Waals surface area (Å²) in [6.07, 6.45) is 2.64. The Kier molecular flexibility index (Phi) is 6.35. The lowest BCUT2D eigenvalue weighted by atomic mass is 10.3. The SMILES string of the molecule is CNCCCN(C)CC(=O)NCc1ccco1. The second-order valence-corrected chi connectivity index (χ2v) is 4.05. The smallest absolute Gasteiger partial charge is 0.234 e. The van der Waals surface area contributed by atoms with Crippen LogP contribution in [0.2, 0.25) is 0 Å². The summed E-state index contributed by atoms with van der Waals surface area (Å²) in [5.74, 6) is 0.796. The zero-order valence-electron chi connectivity index (χ0n) is 10.5. The molecule has 1 heterocycles. The highest BCUT2D eigenvalue weighted by Crippen LogP contribution is 1.98. The quantitative estimate of drug-likeness (QED) is 0.646. The Morgan fingerprint density at radius 3 is 3.00 bits per heavy atom. The molecule has 0 atom stereocenters. The molecule has 0 bridgehead atoms. The van der Waals surface area contributed by atoms with Crippen LogP contribution in [0.1, 0.15) is 12.2 Å². The molecular weight excluding hydrogens is 218 g/mol. The molecule has 0 unspecified atom stereocenters. The number of hydrogen-bond acceptors (Lipinski definition) is 4. The van der Waals surface area contributed by atoms with Gasteiger partial charge in [0, 0.05) is 0 Å². The monoisotopic (exact) mass is 239 g/mol. The first-order valence-corrected chi connectivity index (χ1v) is 5.84. The van der Waals surface area contributed by atoms with E-state index in [0.29, 0.717) is 13.1 Å². The Balaban J connectivity index is 2.11. The summed E-state index contributed by atoms with van der Waals surface area (Å²) in [6.45, 7) is 2.76. The van der Waals surface area contributed by atoms with Crippen LogP contribution in [0.15, 0.2) is 22.8 Å². The van der Waals surface area contributed by atoms with Crippen molar-refractivity contribution >= 4 is 5.91 Å². The molecule has 1 aromatic heterocycles. The molecule has 17 heavy (non-hydrogen) atoms. The van der Waals surface area contributed by atoms with Gasteiger partial charge < -0.3 is 15.1 Å². The molecule has 0 fully saturated rings. The first-order valence-electron chi connectivity index (χ1n) is 5.84. The first-order chi connectivity index (χ1) is 8.22. The summed E-state index contributed by atoms with van der Waals surface area (Å²) in [7, 11) is 3.87. The fourth-order valence-electron chi connectivity index (χ4n) is 1.50. The molecule has 0 aliphatic carbocycles. The standard InChI is InChI=1S/C12H21N3O2/c1-13-6-4-7-15(2)10-12(16)14-9-11-5-3-8-17-11/h3,5,8,13H,4,6-7,9-10H2,1-2H3,(H,14,16). The highest BCUT2D eigenvalue weighted by atomic mass is 16.3. The molecule has 0 saturated heterocycles. The van der Waals surface area contributed by atoms with Crippen molar-refractivity contribution in [2.24, 2.45) is 0 Å². The lowest BCUT2D eigenvalue weighted by molar-refractivity contribution is -0.122. The first kappa shape index (κ1) is 13.7. The second kappa shape index (κ2) is 7.86. The highest BCUT2D eigenvalue weighted by Gasteiger charge is 2.06. The van der Waals surface area contributed by atoms with Crippen LogP contribution in [-0.4, -0.2) is 44.5 Å². The Bertz CT molecular complexity index is 312. The predicted octanol–water partition coefficient (Wildman–Crippen LogP) is 0.437. The molecule has 0 aromatic carbocycles.